The number of nitrogens with zero attached hydrogens (tertiary/aromatic N) is 4. The van der Waals surface area contributed by atoms with Gasteiger partial charge >= 0.3 is 0 Å². The molecule has 3 rings (SSSR count). The second-order valence-electron chi connectivity index (χ2n) is 7.16. The maximum Gasteiger partial charge on any atom is 0.223 e. The van der Waals surface area contributed by atoms with Crippen LogP contribution in [-0.2, 0) is 24.3 Å². The third-order valence-electron chi connectivity index (χ3n) is 5.13. The van der Waals surface area contributed by atoms with Gasteiger partial charge in [-0.05, 0) is 56.4 Å². The molecule has 0 atom stereocenters. The second-order valence-corrected chi connectivity index (χ2v) is 7.16. The highest BCUT2D eigenvalue weighted by atomic mass is 19.1. The highest BCUT2D eigenvalue weighted by molar-refractivity contribution is 5.77. The lowest BCUT2D eigenvalue weighted by atomic mass is 10.1. The Balaban J connectivity index is 1.64. The van der Waals surface area contributed by atoms with Crippen LogP contribution >= 0.6 is 0 Å². The van der Waals surface area contributed by atoms with Crippen molar-refractivity contribution < 1.29 is 9.18 Å². The number of nitriles is 1. The fraction of sp³-hybridized carbons (Fsp3) is 0.476. The Morgan fingerprint density at radius 3 is 2.67 bits per heavy atom. The first-order chi connectivity index (χ1) is 13.0. The average Bonchev–Trinajstić information content (AvgIpc) is 3.45. The van der Waals surface area contributed by atoms with Crippen LogP contribution in [0.5, 0.6) is 0 Å². The minimum absolute atomic E-state index is 0.130. The van der Waals surface area contributed by atoms with Gasteiger partial charge in [0.25, 0.3) is 0 Å². The van der Waals surface area contributed by atoms with Crippen LogP contribution < -0.4 is 0 Å². The molecule has 0 saturated heterocycles. The van der Waals surface area contributed by atoms with E-state index in [0.29, 0.717) is 38.4 Å². The van der Waals surface area contributed by atoms with E-state index in [1.165, 1.54) is 12.1 Å². The normalized spacial score (nSPS) is 13.4. The summed E-state index contributed by atoms with van der Waals surface area (Å²) in [5, 5.41) is 13.3. The van der Waals surface area contributed by atoms with Crippen LogP contribution in [0.25, 0.3) is 0 Å². The van der Waals surface area contributed by atoms with Gasteiger partial charge in [-0.2, -0.15) is 10.4 Å². The molecule has 27 heavy (non-hydrogen) atoms. The van der Waals surface area contributed by atoms with Gasteiger partial charge in [-0.15, -0.1) is 0 Å². The number of rotatable bonds is 8. The molecule has 0 spiro atoms. The number of aryl methyl sites for hydroxylation is 2. The molecule has 0 N–H and O–H groups in total. The standard InChI is InChI=1S/C21H25FN4O/c1-15-20(16(2)26(24-15)13-3-12-23)10-11-21(27)25(19-8-9-19)14-17-4-6-18(22)7-5-17/h4-7,19H,3,8-11,13-14H2,1-2H3. The summed E-state index contributed by atoms with van der Waals surface area (Å²) in [5.41, 5.74) is 4.01. The number of amides is 1. The predicted molar refractivity (Wildman–Crippen MR) is 100 cm³/mol. The highest BCUT2D eigenvalue weighted by Crippen LogP contribution is 2.29. The fourth-order valence-corrected chi connectivity index (χ4v) is 3.44. The zero-order chi connectivity index (χ0) is 19.4. The largest absolute Gasteiger partial charge is 0.335 e. The van der Waals surface area contributed by atoms with E-state index in [1.54, 1.807) is 12.1 Å². The first-order valence-electron chi connectivity index (χ1n) is 9.43. The van der Waals surface area contributed by atoms with Crippen LogP contribution in [0.3, 0.4) is 0 Å². The SMILES string of the molecule is Cc1nn(CCC#N)c(C)c1CCC(=O)N(Cc1ccc(F)cc1)C1CC1. The van der Waals surface area contributed by atoms with Crippen LogP contribution in [0, 0.1) is 31.0 Å². The number of hydrogen-bond acceptors (Lipinski definition) is 3. The Bertz CT molecular complexity index is 846. The van der Waals surface area contributed by atoms with Crippen molar-refractivity contribution in [2.45, 2.75) is 65.1 Å². The van der Waals surface area contributed by atoms with Gasteiger partial charge in [0, 0.05) is 24.7 Å². The Morgan fingerprint density at radius 2 is 2.04 bits per heavy atom. The number of carbonyl (C=O) groups is 1. The molecule has 142 valence electrons. The molecule has 1 aromatic carbocycles. The molecule has 0 radical (unpaired) electrons. The van der Waals surface area contributed by atoms with E-state index in [1.807, 2.05) is 23.4 Å². The van der Waals surface area contributed by atoms with E-state index in [4.69, 9.17) is 5.26 Å². The number of halogens is 1. The Kier molecular flexibility index (Phi) is 5.90. The molecule has 1 heterocycles. The van der Waals surface area contributed by atoms with Crippen LogP contribution in [0.1, 0.15) is 48.2 Å². The Labute approximate surface area is 159 Å². The first-order valence-corrected chi connectivity index (χ1v) is 9.43. The maximum atomic E-state index is 13.1. The molecule has 0 unspecified atom stereocenters. The molecule has 2 aromatic rings. The Hall–Kier alpha value is -2.68. The van der Waals surface area contributed by atoms with Crippen LogP contribution in [0.2, 0.25) is 0 Å². The lowest BCUT2D eigenvalue weighted by Crippen LogP contribution is -2.32. The number of carbonyl (C=O) groups excluding carboxylic acids is 1. The average molecular weight is 368 g/mol. The molecule has 1 fully saturated rings. The third-order valence-corrected chi connectivity index (χ3v) is 5.13. The molecule has 1 aliphatic rings. The third kappa shape index (κ3) is 4.73. The zero-order valence-corrected chi connectivity index (χ0v) is 15.9. The summed E-state index contributed by atoms with van der Waals surface area (Å²) < 4.78 is 15.0. The lowest BCUT2D eigenvalue weighted by Gasteiger charge is -2.23. The molecule has 0 aliphatic heterocycles. The zero-order valence-electron chi connectivity index (χ0n) is 15.9. The van der Waals surface area contributed by atoms with Gasteiger partial charge in [0.05, 0.1) is 24.7 Å². The summed E-state index contributed by atoms with van der Waals surface area (Å²) in [6.07, 6.45) is 3.58. The van der Waals surface area contributed by atoms with E-state index in [0.717, 1.165) is 35.4 Å². The van der Waals surface area contributed by atoms with E-state index >= 15 is 0 Å². The fourth-order valence-electron chi connectivity index (χ4n) is 3.44. The van der Waals surface area contributed by atoms with Gasteiger partial charge in [-0.3, -0.25) is 9.48 Å². The molecule has 1 amide bonds. The van der Waals surface area contributed by atoms with Crippen molar-refractivity contribution in [2.75, 3.05) is 0 Å². The molecular formula is C21H25FN4O. The number of benzene rings is 1. The van der Waals surface area contributed by atoms with Crippen LogP contribution in [-0.4, -0.2) is 26.6 Å². The summed E-state index contributed by atoms with van der Waals surface area (Å²) in [5.74, 6) is -0.132. The minimum Gasteiger partial charge on any atom is -0.335 e. The molecule has 1 saturated carbocycles. The van der Waals surface area contributed by atoms with Gasteiger partial charge in [0.1, 0.15) is 5.82 Å². The summed E-state index contributed by atoms with van der Waals surface area (Å²) in [7, 11) is 0. The number of aromatic nitrogens is 2. The van der Waals surface area contributed by atoms with E-state index in [9.17, 15) is 9.18 Å². The van der Waals surface area contributed by atoms with Gasteiger partial charge in [0.15, 0.2) is 0 Å². The summed E-state index contributed by atoms with van der Waals surface area (Å²) in [6.45, 7) is 5.06. The van der Waals surface area contributed by atoms with Crippen LogP contribution in [0.15, 0.2) is 24.3 Å². The lowest BCUT2D eigenvalue weighted by molar-refractivity contribution is -0.132. The Morgan fingerprint density at radius 1 is 1.33 bits per heavy atom. The monoisotopic (exact) mass is 368 g/mol. The summed E-state index contributed by atoms with van der Waals surface area (Å²) in [4.78, 5) is 14.8. The van der Waals surface area contributed by atoms with Crippen molar-refractivity contribution >= 4 is 5.91 Å². The predicted octanol–water partition coefficient (Wildman–Crippen LogP) is 3.68. The van der Waals surface area contributed by atoms with Crippen molar-refractivity contribution in [3.8, 4) is 6.07 Å². The molecule has 0 bridgehead atoms. The summed E-state index contributed by atoms with van der Waals surface area (Å²) in [6, 6.07) is 8.81. The quantitative estimate of drug-likeness (QED) is 0.714. The summed E-state index contributed by atoms with van der Waals surface area (Å²) >= 11 is 0. The van der Waals surface area contributed by atoms with Gasteiger partial charge in [-0.1, -0.05) is 12.1 Å². The smallest absolute Gasteiger partial charge is 0.223 e. The van der Waals surface area contributed by atoms with E-state index < -0.39 is 0 Å². The minimum atomic E-state index is -0.262. The van der Waals surface area contributed by atoms with Crippen molar-refractivity contribution in [3.05, 3.63) is 52.6 Å². The molecule has 5 nitrogen and oxygen atoms in total. The van der Waals surface area contributed by atoms with Crippen molar-refractivity contribution in [2.24, 2.45) is 0 Å². The van der Waals surface area contributed by atoms with Crippen LogP contribution in [0.4, 0.5) is 4.39 Å². The van der Waals surface area contributed by atoms with Gasteiger partial charge < -0.3 is 4.90 Å². The van der Waals surface area contributed by atoms with Gasteiger partial charge in [-0.25, -0.2) is 4.39 Å². The number of hydrogen-bond donors (Lipinski definition) is 0. The highest BCUT2D eigenvalue weighted by Gasteiger charge is 2.32. The topological polar surface area (TPSA) is 61.9 Å². The van der Waals surface area contributed by atoms with Crippen molar-refractivity contribution in [1.82, 2.24) is 14.7 Å². The molecule has 1 aliphatic carbocycles. The maximum absolute atomic E-state index is 13.1. The van der Waals surface area contributed by atoms with E-state index in [2.05, 4.69) is 11.2 Å². The molecular weight excluding hydrogens is 343 g/mol. The van der Waals surface area contributed by atoms with E-state index in [-0.39, 0.29) is 11.7 Å². The molecule has 6 heteroatoms. The molecule has 1 aromatic heterocycles. The van der Waals surface area contributed by atoms with Crippen molar-refractivity contribution in [1.29, 1.82) is 5.26 Å². The first kappa shape index (κ1) is 19.1. The second kappa shape index (κ2) is 8.34. The van der Waals surface area contributed by atoms with Gasteiger partial charge in [0.2, 0.25) is 5.91 Å². The van der Waals surface area contributed by atoms with Crippen molar-refractivity contribution in [3.63, 3.8) is 0 Å².